The molecule has 0 aliphatic carbocycles. The molecule has 1 heterocycles. The van der Waals surface area contributed by atoms with Crippen LogP contribution in [0.5, 0.6) is 5.75 Å². The molecule has 5 heteroatoms. The first-order valence-corrected chi connectivity index (χ1v) is 9.63. The lowest BCUT2D eigenvalue weighted by atomic mass is 10.0. The van der Waals surface area contributed by atoms with Gasteiger partial charge in [-0.25, -0.2) is 4.98 Å². The number of carbonyl (C=O) groups excluding carboxylic acids is 1. The minimum absolute atomic E-state index is 0.0372. The van der Waals surface area contributed by atoms with E-state index in [1.165, 1.54) is 0 Å². The molecule has 0 fully saturated rings. The Morgan fingerprint density at radius 2 is 1.69 bits per heavy atom. The highest BCUT2D eigenvalue weighted by molar-refractivity contribution is 5.77. The Labute approximate surface area is 171 Å². The number of hydrogen-bond acceptors (Lipinski definition) is 3. The van der Waals surface area contributed by atoms with Crippen LogP contribution in [0.15, 0.2) is 60.8 Å². The number of aromatic nitrogens is 2. The van der Waals surface area contributed by atoms with Crippen LogP contribution < -0.4 is 5.32 Å². The Morgan fingerprint density at radius 1 is 1.03 bits per heavy atom. The normalized spacial score (nSPS) is 11.4. The van der Waals surface area contributed by atoms with Crippen LogP contribution >= 0.6 is 0 Å². The number of nitrogens with zero attached hydrogens (tertiary/aromatic N) is 2. The van der Waals surface area contributed by atoms with Crippen LogP contribution in [0.4, 0.5) is 0 Å². The molecule has 0 aliphatic rings. The van der Waals surface area contributed by atoms with Crippen molar-refractivity contribution in [2.75, 3.05) is 6.54 Å². The van der Waals surface area contributed by atoms with Gasteiger partial charge in [-0.15, -0.1) is 0 Å². The van der Waals surface area contributed by atoms with E-state index in [1.54, 1.807) is 12.1 Å². The summed E-state index contributed by atoms with van der Waals surface area (Å²) in [4.78, 5) is 16.6. The quantitative estimate of drug-likeness (QED) is 0.623. The van der Waals surface area contributed by atoms with Crippen molar-refractivity contribution in [3.63, 3.8) is 0 Å². The Hall–Kier alpha value is -3.60. The Balaban J connectivity index is 1.79. The van der Waals surface area contributed by atoms with E-state index in [-0.39, 0.29) is 18.2 Å². The molecule has 3 rings (SSSR count). The standard InChI is InChI=1S/C24H25N3O2/c1-3-5-21-16-27(17-24(29)25-4-2)23(26-21)15-8-18-6-9-19(10-7-18)20-11-13-22(28)14-12-20/h3,5-16,28H,4,17H2,1-2H3,(H,25,29)/b5-3+,15-8+. The fourth-order valence-corrected chi connectivity index (χ4v) is 2.98. The molecule has 5 nitrogen and oxygen atoms in total. The number of phenols is 1. The van der Waals surface area contributed by atoms with Crippen LogP contribution in [0.2, 0.25) is 0 Å². The highest BCUT2D eigenvalue weighted by Crippen LogP contribution is 2.22. The van der Waals surface area contributed by atoms with Gasteiger partial charge in [-0.2, -0.15) is 0 Å². The monoisotopic (exact) mass is 387 g/mol. The van der Waals surface area contributed by atoms with Gasteiger partial charge in [0.05, 0.1) is 5.69 Å². The molecule has 0 saturated carbocycles. The number of aromatic hydroxyl groups is 1. The molecule has 1 amide bonds. The van der Waals surface area contributed by atoms with Gasteiger partial charge in [0.1, 0.15) is 18.1 Å². The number of phenolic OH excluding ortho intramolecular Hbond substituents is 1. The van der Waals surface area contributed by atoms with Gasteiger partial charge >= 0.3 is 0 Å². The van der Waals surface area contributed by atoms with Crippen molar-refractivity contribution in [1.82, 2.24) is 14.9 Å². The molecule has 0 bridgehead atoms. The number of nitrogens with one attached hydrogen (secondary N) is 1. The first-order chi connectivity index (χ1) is 14.1. The number of allylic oxidation sites excluding steroid dienone is 1. The summed E-state index contributed by atoms with van der Waals surface area (Å²) in [6.07, 6.45) is 9.62. The fourth-order valence-electron chi connectivity index (χ4n) is 2.98. The van der Waals surface area contributed by atoms with Crippen LogP contribution in [0.1, 0.15) is 30.9 Å². The third-order valence-corrected chi connectivity index (χ3v) is 4.39. The molecule has 1 aromatic heterocycles. The van der Waals surface area contributed by atoms with E-state index in [9.17, 15) is 9.90 Å². The highest BCUT2D eigenvalue weighted by atomic mass is 16.3. The molecule has 0 spiro atoms. The van der Waals surface area contributed by atoms with Gasteiger partial charge in [-0.05, 0) is 54.8 Å². The number of hydrogen-bond donors (Lipinski definition) is 2. The first kappa shape index (κ1) is 20.1. The van der Waals surface area contributed by atoms with E-state index in [2.05, 4.69) is 10.3 Å². The van der Waals surface area contributed by atoms with Crippen LogP contribution in [-0.2, 0) is 11.3 Å². The summed E-state index contributed by atoms with van der Waals surface area (Å²) in [6.45, 7) is 4.68. The SMILES string of the molecule is C/C=C/c1cn(CC(=O)NCC)c(/C=C/c2ccc(-c3ccc(O)cc3)cc2)n1. The van der Waals surface area contributed by atoms with Gasteiger partial charge in [0.15, 0.2) is 0 Å². The lowest BCUT2D eigenvalue weighted by molar-refractivity contribution is -0.121. The zero-order valence-corrected chi connectivity index (χ0v) is 16.7. The number of likely N-dealkylation sites (N-methyl/N-ethyl adjacent to an activating group) is 1. The van der Waals surface area contributed by atoms with E-state index < -0.39 is 0 Å². The Kier molecular flexibility index (Phi) is 6.63. The predicted octanol–water partition coefficient (Wildman–Crippen LogP) is 4.60. The molecule has 29 heavy (non-hydrogen) atoms. The molecule has 0 atom stereocenters. The van der Waals surface area contributed by atoms with E-state index in [0.717, 1.165) is 28.2 Å². The van der Waals surface area contributed by atoms with Gasteiger partial charge < -0.3 is 15.0 Å². The minimum Gasteiger partial charge on any atom is -0.508 e. The van der Waals surface area contributed by atoms with Gasteiger partial charge in [-0.3, -0.25) is 4.79 Å². The highest BCUT2D eigenvalue weighted by Gasteiger charge is 2.08. The van der Waals surface area contributed by atoms with Gasteiger partial charge in [-0.1, -0.05) is 48.6 Å². The summed E-state index contributed by atoms with van der Waals surface area (Å²) in [6, 6.07) is 15.3. The summed E-state index contributed by atoms with van der Waals surface area (Å²) in [5.74, 6) is 0.950. The van der Waals surface area contributed by atoms with Crippen molar-refractivity contribution in [3.8, 4) is 16.9 Å². The van der Waals surface area contributed by atoms with Crippen LogP contribution in [0.25, 0.3) is 29.4 Å². The van der Waals surface area contributed by atoms with Crippen molar-refractivity contribution in [1.29, 1.82) is 0 Å². The van der Waals surface area contributed by atoms with Gasteiger partial charge in [0, 0.05) is 12.7 Å². The summed E-state index contributed by atoms with van der Waals surface area (Å²) < 4.78 is 1.85. The third-order valence-electron chi connectivity index (χ3n) is 4.39. The average molecular weight is 387 g/mol. The van der Waals surface area contributed by atoms with Crippen LogP contribution in [0, 0.1) is 0 Å². The first-order valence-electron chi connectivity index (χ1n) is 9.63. The molecule has 2 aromatic carbocycles. The van der Waals surface area contributed by atoms with Crippen molar-refractivity contribution >= 4 is 24.1 Å². The smallest absolute Gasteiger partial charge is 0.239 e. The van der Waals surface area contributed by atoms with E-state index in [4.69, 9.17) is 0 Å². The Bertz CT molecular complexity index is 1010. The summed E-state index contributed by atoms with van der Waals surface area (Å²) in [7, 11) is 0. The maximum Gasteiger partial charge on any atom is 0.239 e. The van der Waals surface area contributed by atoms with Crippen molar-refractivity contribution in [2.45, 2.75) is 20.4 Å². The summed E-state index contributed by atoms with van der Waals surface area (Å²) >= 11 is 0. The van der Waals surface area contributed by atoms with E-state index in [0.29, 0.717) is 6.54 Å². The third kappa shape index (κ3) is 5.45. The second kappa shape index (κ2) is 9.55. The van der Waals surface area contributed by atoms with Crippen LogP contribution in [-0.4, -0.2) is 27.1 Å². The fraction of sp³-hybridized carbons (Fsp3) is 0.167. The molecular formula is C24H25N3O2. The summed E-state index contributed by atoms with van der Waals surface area (Å²) in [5, 5.41) is 12.2. The molecule has 0 aliphatic heterocycles. The van der Waals surface area contributed by atoms with E-state index in [1.807, 2.05) is 85.3 Å². The van der Waals surface area contributed by atoms with Crippen molar-refractivity contribution in [3.05, 3.63) is 77.9 Å². The zero-order valence-electron chi connectivity index (χ0n) is 16.7. The lowest BCUT2D eigenvalue weighted by Gasteiger charge is -2.05. The second-order valence-corrected chi connectivity index (χ2v) is 6.61. The lowest BCUT2D eigenvalue weighted by Crippen LogP contribution is -2.27. The van der Waals surface area contributed by atoms with Gasteiger partial charge in [0.25, 0.3) is 0 Å². The number of imidazole rings is 1. The number of amides is 1. The largest absolute Gasteiger partial charge is 0.508 e. The maximum absolute atomic E-state index is 12.0. The topological polar surface area (TPSA) is 67.2 Å². The molecule has 148 valence electrons. The molecule has 3 aromatic rings. The molecular weight excluding hydrogens is 362 g/mol. The molecule has 0 saturated heterocycles. The van der Waals surface area contributed by atoms with Crippen molar-refractivity contribution in [2.24, 2.45) is 0 Å². The molecule has 2 N–H and O–H groups in total. The number of rotatable bonds is 7. The molecule has 0 radical (unpaired) electrons. The van der Waals surface area contributed by atoms with Crippen LogP contribution in [0.3, 0.4) is 0 Å². The minimum atomic E-state index is -0.0372. The van der Waals surface area contributed by atoms with E-state index >= 15 is 0 Å². The number of benzene rings is 2. The Morgan fingerprint density at radius 3 is 2.31 bits per heavy atom. The second-order valence-electron chi connectivity index (χ2n) is 6.61. The maximum atomic E-state index is 12.0. The predicted molar refractivity (Wildman–Crippen MR) is 118 cm³/mol. The van der Waals surface area contributed by atoms with Gasteiger partial charge in [0.2, 0.25) is 5.91 Å². The average Bonchev–Trinajstić information content (AvgIpc) is 3.09. The number of carbonyl (C=O) groups is 1. The van der Waals surface area contributed by atoms with Crippen molar-refractivity contribution < 1.29 is 9.90 Å². The molecule has 0 unspecified atom stereocenters. The zero-order chi connectivity index (χ0) is 20.6. The summed E-state index contributed by atoms with van der Waals surface area (Å²) in [5.41, 5.74) is 3.98.